The first kappa shape index (κ1) is 33.6. The first-order valence-electron chi connectivity index (χ1n) is 20.0. The summed E-state index contributed by atoms with van der Waals surface area (Å²) < 4.78 is 0. The minimum atomic E-state index is 0.478. The van der Waals surface area contributed by atoms with Crippen LogP contribution in [0.5, 0.6) is 0 Å². The van der Waals surface area contributed by atoms with Crippen LogP contribution >= 0.6 is 0 Å². The molecule has 7 rings (SSSR count). The number of hydrogen-bond donors (Lipinski definition) is 1. The van der Waals surface area contributed by atoms with Gasteiger partial charge in [0, 0.05) is 18.5 Å². The fraction of sp³-hybridized carbons (Fsp3) is 0.532. The van der Waals surface area contributed by atoms with Crippen LogP contribution in [0.2, 0.25) is 0 Å². The normalized spacial score (nSPS) is 33.6. The predicted octanol–water partition coefficient (Wildman–Crippen LogP) is 12.2. The van der Waals surface area contributed by atoms with Gasteiger partial charge in [0.15, 0.2) is 0 Å². The Morgan fingerprint density at radius 3 is 2.83 bits per heavy atom. The number of nitrogens with one attached hydrogen (secondary N) is 1. The molecule has 0 spiro atoms. The highest BCUT2D eigenvalue weighted by Gasteiger charge is 2.35. The average molecular weight is 640 g/mol. The lowest BCUT2D eigenvalue weighted by Crippen LogP contribution is -2.36. The second kappa shape index (κ2) is 16.2. The van der Waals surface area contributed by atoms with Gasteiger partial charge in [-0.15, -0.1) is 0 Å². The summed E-state index contributed by atoms with van der Waals surface area (Å²) in [5.74, 6) is 4.68. The lowest BCUT2D eigenvalue weighted by molar-refractivity contribution is 0.290. The molecule has 0 aromatic rings. The van der Waals surface area contributed by atoms with E-state index in [-0.39, 0.29) is 0 Å². The fourth-order valence-electron chi connectivity index (χ4n) is 10.0. The van der Waals surface area contributed by atoms with Crippen LogP contribution in [0.1, 0.15) is 104 Å². The molecule has 0 bridgehead atoms. The molecular formula is C47H61N. The zero-order valence-electron chi connectivity index (χ0n) is 30.0. The van der Waals surface area contributed by atoms with E-state index in [0.29, 0.717) is 35.6 Å². The lowest BCUT2D eigenvalue weighted by Gasteiger charge is -2.40. The van der Waals surface area contributed by atoms with Crippen molar-refractivity contribution in [3.8, 4) is 0 Å². The highest BCUT2D eigenvalue weighted by molar-refractivity contribution is 5.44. The topological polar surface area (TPSA) is 12.0 Å². The number of hydrogen-bond acceptors (Lipinski definition) is 1. The van der Waals surface area contributed by atoms with Gasteiger partial charge in [-0.1, -0.05) is 135 Å². The van der Waals surface area contributed by atoms with E-state index in [1.54, 1.807) is 27.9 Å². The quantitative estimate of drug-likeness (QED) is 0.222. The largest absolute Gasteiger partial charge is 0.306 e. The van der Waals surface area contributed by atoms with Crippen LogP contribution in [0.15, 0.2) is 131 Å². The Balaban J connectivity index is 1.08. The summed E-state index contributed by atoms with van der Waals surface area (Å²) in [7, 11) is 0. The molecule has 0 amide bonds. The second-order valence-electron chi connectivity index (χ2n) is 16.0. The van der Waals surface area contributed by atoms with Crippen molar-refractivity contribution in [2.45, 2.75) is 110 Å². The van der Waals surface area contributed by atoms with E-state index >= 15 is 0 Å². The second-order valence-corrected chi connectivity index (χ2v) is 16.0. The Bertz CT molecular complexity index is 1490. The Hall–Kier alpha value is -2.90. The summed E-state index contributed by atoms with van der Waals surface area (Å²) in [6.45, 7) is 5.76. The predicted molar refractivity (Wildman–Crippen MR) is 206 cm³/mol. The Morgan fingerprint density at radius 1 is 0.938 bits per heavy atom. The number of rotatable bonds is 11. The van der Waals surface area contributed by atoms with E-state index in [9.17, 15) is 0 Å². The molecule has 0 aliphatic heterocycles. The van der Waals surface area contributed by atoms with Crippen LogP contribution in [0, 0.1) is 41.4 Å². The molecule has 254 valence electrons. The summed E-state index contributed by atoms with van der Waals surface area (Å²) in [4.78, 5) is 0. The summed E-state index contributed by atoms with van der Waals surface area (Å²) in [5.41, 5.74) is 9.65. The summed E-state index contributed by atoms with van der Waals surface area (Å²) in [5, 5.41) is 4.04. The van der Waals surface area contributed by atoms with Crippen LogP contribution in [0.25, 0.3) is 0 Å². The Morgan fingerprint density at radius 2 is 1.90 bits per heavy atom. The minimum absolute atomic E-state index is 0.478. The van der Waals surface area contributed by atoms with Crippen molar-refractivity contribution in [1.29, 1.82) is 0 Å². The van der Waals surface area contributed by atoms with Gasteiger partial charge in [0.2, 0.25) is 0 Å². The standard InChI is InChI=1S/C47H61N/c1-3-4-5-13-35-14-12-19-41(30-35)45-29-28-44(46-20-10-11-21-47(45)46)34(2)22-23-42(40-25-24-36-15-6-8-17-38(36)31-40)33-48-43-27-26-37-16-7-9-18-39(37)32-43/h5,9-14,18,20-21,23-27,30,34,37-39,41,43,45,47-48H,3-4,6-8,15-17,19,22,28-29,31-33H2,1-2H3/b13-5+,42-23+. The van der Waals surface area contributed by atoms with E-state index in [1.165, 1.54) is 89.0 Å². The van der Waals surface area contributed by atoms with Gasteiger partial charge in [-0.05, 0) is 135 Å². The summed E-state index contributed by atoms with van der Waals surface area (Å²) in [6.07, 6.45) is 57.1. The first-order valence-corrected chi connectivity index (χ1v) is 20.0. The minimum Gasteiger partial charge on any atom is -0.306 e. The SMILES string of the molecule is CCC/C=C/C1=CC(C2CCC(C(C)C/C=C(\CNC3C=CC4CCC=CC4C3)C3=CC=C4CCCCC4C3)=C3C=CC=CC32)CC=C1. The summed E-state index contributed by atoms with van der Waals surface area (Å²) >= 11 is 0. The molecule has 0 heterocycles. The van der Waals surface area contributed by atoms with Crippen LogP contribution < -0.4 is 5.32 Å². The molecule has 0 radical (unpaired) electrons. The molecule has 8 atom stereocenters. The zero-order valence-corrected chi connectivity index (χ0v) is 30.0. The van der Waals surface area contributed by atoms with Crippen LogP contribution in [0.4, 0.5) is 0 Å². The molecular weight excluding hydrogens is 579 g/mol. The first-order chi connectivity index (χ1) is 23.7. The molecule has 48 heavy (non-hydrogen) atoms. The van der Waals surface area contributed by atoms with Crippen molar-refractivity contribution in [3.05, 3.63) is 131 Å². The molecule has 0 aromatic carbocycles. The molecule has 0 saturated heterocycles. The number of fused-ring (bicyclic) bond motifs is 3. The van der Waals surface area contributed by atoms with Gasteiger partial charge in [0.1, 0.15) is 0 Å². The molecule has 1 heteroatoms. The molecule has 8 unspecified atom stereocenters. The van der Waals surface area contributed by atoms with Gasteiger partial charge in [0.05, 0.1) is 0 Å². The number of allylic oxidation sites excluding steroid dienone is 19. The molecule has 7 aliphatic carbocycles. The van der Waals surface area contributed by atoms with Gasteiger partial charge in [-0.2, -0.15) is 0 Å². The van der Waals surface area contributed by atoms with E-state index < -0.39 is 0 Å². The van der Waals surface area contributed by atoms with Crippen LogP contribution in [0.3, 0.4) is 0 Å². The van der Waals surface area contributed by atoms with Crippen molar-refractivity contribution in [3.63, 3.8) is 0 Å². The molecule has 1 nitrogen and oxygen atoms in total. The summed E-state index contributed by atoms with van der Waals surface area (Å²) in [6, 6.07) is 0.478. The molecule has 1 saturated carbocycles. The fourth-order valence-corrected chi connectivity index (χ4v) is 10.0. The third kappa shape index (κ3) is 7.94. The van der Waals surface area contributed by atoms with Gasteiger partial charge < -0.3 is 5.32 Å². The van der Waals surface area contributed by atoms with Gasteiger partial charge in [-0.3, -0.25) is 0 Å². The molecule has 1 fully saturated rings. The Kier molecular flexibility index (Phi) is 11.3. The highest BCUT2D eigenvalue weighted by Crippen LogP contribution is 2.47. The van der Waals surface area contributed by atoms with Gasteiger partial charge >= 0.3 is 0 Å². The third-order valence-electron chi connectivity index (χ3n) is 12.8. The van der Waals surface area contributed by atoms with Gasteiger partial charge in [0.25, 0.3) is 0 Å². The number of unbranched alkanes of at least 4 members (excludes halogenated alkanes) is 1. The van der Waals surface area contributed by atoms with E-state index in [2.05, 4.69) is 116 Å². The van der Waals surface area contributed by atoms with E-state index in [1.807, 2.05) is 0 Å². The maximum absolute atomic E-state index is 4.04. The van der Waals surface area contributed by atoms with Gasteiger partial charge in [-0.25, -0.2) is 0 Å². The van der Waals surface area contributed by atoms with Crippen LogP contribution in [-0.2, 0) is 0 Å². The van der Waals surface area contributed by atoms with Crippen molar-refractivity contribution in [1.82, 2.24) is 5.32 Å². The van der Waals surface area contributed by atoms with Crippen molar-refractivity contribution >= 4 is 0 Å². The zero-order chi connectivity index (χ0) is 32.7. The van der Waals surface area contributed by atoms with E-state index in [0.717, 1.165) is 24.8 Å². The van der Waals surface area contributed by atoms with E-state index in [4.69, 9.17) is 0 Å². The third-order valence-corrected chi connectivity index (χ3v) is 12.8. The smallest absolute Gasteiger partial charge is 0.0259 e. The molecule has 1 N–H and O–H groups in total. The Labute approximate surface area is 292 Å². The van der Waals surface area contributed by atoms with Crippen molar-refractivity contribution < 1.29 is 0 Å². The average Bonchev–Trinajstić information content (AvgIpc) is 3.14. The highest BCUT2D eigenvalue weighted by atomic mass is 14.9. The van der Waals surface area contributed by atoms with Crippen molar-refractivity contribution in [2.24, 2.45) is 41.4 Å². The monoisotopic (exact) mass is 639 g/mol. The van der Waals surface area contributed by atoms with Crippen LogP contribution in [-0.4, -0.2) is 12.6 Å². The molecule has 7 aliphatic rings. The van der Waals surface area contributed by atoms with Crippen molar-refractivity contribution in [2.75, 3.05) is 6.54 Å². The molecule has 0 aromatic heterocycles. The maximum Gasteiger partial charge on any atom is 0.0259 e. The lowest BCUT2D eigenvalue weighted by atomic mass is 9.65. The maximum atomic E-state index is 4.04.